The molecule has 0 spiro atoms. The van der Waals surface area contributed by atoms with Crippen LogP contribution in [0.15, 0.2) is 59.1 Å². The van der Waals surface area contributed by atoms with Crippen molar-refractivity contribution in [3.63, 3.8) is 0 Å². The lowest BCUT2D eigenvalue weighted by Gasteiger charge is -2.27. The van der Waals surface area contributed by atoms with E-state index in [1.807, 2.05) is 49.5 Å². The van der Waals surface area contributed by atoms with E-state index in [-0.39, 0.29) is 11.9 Å². The second-order valence-corrected chi connectivity index (χ2v) is 6.55. The van der Waals surface area contributed by atoms with Crippen molar-refractivity contribution < 1.29 is 4.79 Å². The van der Waals surface area contributed by atoms with Gasteiger partial charge in [-0.25, -0.2) is 0 Å². The Bertz CT molecular complexity index is 630. The quantitative estimate of drug-likeness (QED) is 0.793. The Balaban J connectivity index is 1.77. The molecule has 1 atom stereocenters. The fourth-order valence-electron chi connectivity index (χ4n) is 2.35. The molecule has 0 radical (unpaired) electrons. The zero-order chi connectivity index (χ0) is 16.7. The molecule has 23 heavy (non-hydrogen) atoms. The van der Waals surface area contributed by atoms with Gasteiger partial charge in [0.05, 0.1) is 0 Å². The number of halogens is 1. The summed E-state index contributed by atoms with van der Waals surface area (Å²) in [5.74, 6) is 0.0917. The van der Waals surface area contributed by atoms with Gasteiger partial charge in [0.2, 0.25) is 5.91 Å². The molecule has 1 amide bonds. The van der Waals surface area contributed by atoms with Gasteiger partial charge in [-0.15, -0.1) is 0 Å². The molecule has 2 rings (SSSR count). The SMILES string of the molecule is CC(CNC(=O)CCc1ccccc1Br)N(C)c1ccccc1. The normalized spacial score (nSPS) is 11.8. The van der Waals surface area contributed by atoms with Crippen LogP contribution in [0.2, 0.25) is 0 Å². The summed E-state index contributed by atoms with van der Waals surface area (Å²) in [4.78, 5) is 14.2. The lowest BCUT2D eigenvalue weighted by molar-refractivity contribution is -0.121. The van der Waals surface area contributed by atoms with Crippen molar-refractivity contribution in [2.45, 2.75) is 25.8 Å². The minimum absolute atomic E-state index is 0.0917. The van der Waals surface area contributed by atoms with Gasteiger partial charge in [0.15, 0.2) is 0 Å². The van der Waals surface area contributed by atoms with Crippen molar-refractivity contribution >= 4 is 27.5 Å². The predicted octanol–water partition coefficient (Wildman–Crippen LogP) is 4.02. The molecule has 1 unspecified atom stereocenters. The van der Waals surface area contributed by atoms with E-state index in [1.54, 1.807) is 0 Å². The van der Waals surface area contributed by atoms with Gasteiger partial charge in [0.25, 0.3) is 0 Å². The van der Waals surface area contributed by atoms with Gasteiger partial charge in [-0.1, -0.05) is 52.3 Å². The summed E-state index contributed by atoms with van der Waals surface area (Å²) >= 11 is 3.52. The number of aryl methyl sites for hydroxylation is 1. The van der Waals surface area contributed by atoms with E-state index in [9.17, 15) is 4.79 Å². The molecule has 0 aliphatic carbocycles. The first-order valence-corrected chi connectivity index (χ1v) is 8.65. The maximum Gasteiger partial charge on any atom is 0.220 e. The highest BCUT2D eigenvalue weighted by atomic mass is 79.9. The highest BCUT2D eigenvalue weighted by Gasteiger charge is 2.11. The summed E-state index contributed by atoms with van der Waals surface area (Å²) in [6.07, 6.45) is 1.25. The smallest absolute Gasteiger partial charge is 0.220 e. The minimum Gasteiger partial charge on any atom is -0.370 e. The monoisotopic (exact) mass is 374 g/mol. The molecular formula is C19H23BrN2O. The standard InChI is InChI=1S/C19H23BrN2O/c1-15(22(2)17-9-4-3-5-10-17)14-21-19(23)13-12-16-8-6-7-11-18(16)20/h3-11,15H,12-14H2,1-2H3,(H,21,23). The first kappa shape index (κ1) is 17.5. The maximum atomic E-state index is 12.0. The number of hydrogen-bond acceptors (Lipinski definition) is 2. The van der Waals surface area contributed by atoms with Gasteiger partial charge >= 0.3 is 0 Å². The fourth-order valence-corrected chi connectivity index (χ4v) is 2.84. The van der Waals surface area contributed by atoms with Crippen LogP contribution in [-0.2, 0) is 11.2 Å². The zero-order valence-electron chi connectivity index (χ0n) is 13.6. The molecular weight excluding hydrogens is 352 g/mol. The molecule has 0 saturated carbocycles. The molecule has 0 heterocycles. The average Bonchev–Trinajstić information content (AvgIpc) is 2.59. The third-order valence-electron chi connectivity index (χ3n) is 4.00. The Morgan fingerprint density at radius 1 is 1.13 bits per heavy atom. The summed E-state index contributed by atoms with van der Waals surface area (Å²) in [6, 6.07) is 18.5. The van der Waals surface area contributed by atoms with Gasteiger partial charge < -0.3 is 10.2 Å². The van der Waals surface area contributed by atoms with Gasteiger partial charge in [0.1, 0.15) is 0 Å². The molecule has 4 heteroatoms. The lowest BCUT2D eigenvalue weighted by atomic mass is 10.1. The van der Waals surface area contributed by atoms with Crippen LogP contribution in [0.25, 0.3) is 0 Å². The molecule has 0 fully saturated rings. The number of para-hydroxylation sites is 1. The number of amides is 1. The van der Waals surface area contributed by atoms with E-state index in [0.717, 1.165) is 22.1 Å². The van der Waals surface area contributed by atoms with Crippen LogP contribution in [0.1, 0.15) is 18.9 Å². The number of nitrogens with zero attached hydrogens (tertiary/aromatic N) is 1. The van der Waals surface area contributed by atoms with Crippen LogP contribution < -0.4 is 10.2 Å². The average molecular weight is 375 g/mol. The molecule has 0 bridgehead atoms. The third-order valence-corrected chi connectivity index (χ3v) is 4.77. The van der Waals surface area contributed by atoms with Crippen molar-refractivity contribution in [1.82, 2.24) is 5.32 Å². The van der Waals surface area contributed by atoms with Crippen molar-refractivity contribution in [3.8, 4) is 0 Å². The number of likely N-dealkylation sites (N-methyl/N-ethyl adjacent to an activating group) is 1. The number of rotatable bonds is 7. The van der Waals surface area contributed by atoms with Crippen LogP contribution in [-0.4, -0.2) is 25.5 Å². The van der Waals surface area contributed by atoms with E-state index in [4.69, 9.17) is 0 Å². The Hall–Kier alpha value is -1.81. The Morgan fingerprint density at radius 3 is 2.48 bits per heavy atom. The van der Waals surface area contributed by atoms with Crippen LogP contribution >= 0.6 is 15.9 Å². The van der Waals surface area contributed by atoms with Crippen molar-refractivity contribution in [1.29, 1.82) is 0 Å². The maximum absolute atomic E-state index is 12.0. The first-order valence-electron chi connectivity index (χ1n) is 7.86. The van der Waals surface area contributed by atoms with E-state index in [0.29, 0.717) is 13.0 Å². The van der Waals surface area contributed by atoms with E-state index < -0.39 is 0 Å². The Morgan fingerprint density at radius 2 is 1.78 bits per heavy atom. The van der Waals surface area contributed by atoms with E-state index >= 15 is 0 Å². The topological polar surface area (TPSA) is 32.3 Å². The molecule has 3 nitrogen and oxygen atoms in total. The molecule has 2 aromatic carbocycles. The van der Waals surface area contributed by atoms with Gasteiger partial charge in [-0.3, -0.25) is 4.79 Å². The number of carbonyl (C=O) groups excluding carboxylic acids is 1. The Labute approximate surface area is 146 Å². The summed E-state index contributed by atoms with van der Waals surface area (Å²) in [6.45, 7) is 2.75. The summed E-state index contributed by atoms with van der Waals surface area (Å²) in [7, 11) is 2.05. The van der Waals surface area contributed by atoms with Gasteiger partial charge in [0, 0.05) is 36.2 Å². The fraction of sp³-hybridized carbons (Fsp3) is 0.316. The first-order chi connectivity index (χ1) is 11.1. The third kappa shape index (κ3) is 5.39. The molecule has 0 aliphatic rings. The van der Waals surface area contributed by atoms with Crippen molar-refractivity contribution in [2.75, 3.05) is 18.5 Å². The largest absolute Gasteiger partial charge is 0.370 e. The predicted molar refractivity (Wildman–Crippen MR) is 99.8 cm³/mol. The highest BCUT2D eigenvalue weighted by Crippen LogP contribution is 2.17. The van der Waals surface area contributed by atoms with Gasteiger partial charge in [-0.2, -0.15) is 0 Å². The lowest BCUT2D eigenvalue weighted by Crippen LogP contribution is -2.40. The number of carbonyl (C=O) groups is 1. The van der Waals surface area contributed by atoms with Crippen molar-refractivity contribution in [2.24, 2.45) is 0 Å². The highest BCUT2D eigenvalue weighted by molar-refractivity contribution is 9.10. The Kier molecular flexibility index (Phi) is 6.66. The second kappa shape index (κ2) is 8.73. The minimum atomic E-state index is 0.0917. The van der Waals surface area contributed by atoms with Crippen LogP contribution in [0, 0.1) is 0 Å². The number of benzene rings is 2. The summed E-state index contributed by atoms with van der Waals surface area (Å²) in [5, 5.41) is 3.03. The molecule has 0 saturated heterocycles. The van der Waals surface area contributed by atoms with Crippen LogP contribution in [0.4, 0.5) is 5.69 Å². The summed E-state index contributed by atoms with van der Waals surface area (Å²) in [5.41, 5.74) is 2.32. The van der Waals surface area contributed by atoms with E-state index in [2.05, 4.69) is 45.2 Å². The summed E-state index contributed by atoms with van der Waals surface area (Å²) < 4.78 is 1.06. The van der Waals surface area contributed by atoms with E-state index in [1.165, 1.54) is 0 Å². The molecule has 122 valence electrons. The second-order valence-electron chi connectivity index (χ2n) is 5.69. The van der Waals surface area contributed by atoms with Crippen LogP contribution in [0.5, 0.6) is 0 Å². The molecule has 0 aliphatic heterocycles. The molecule has 2 aromatic rings. The molecule has 0 aromatic heterocycles. The molecule has 1 N–H and O–H groups in total. The van der Waals surface area contributed by atoms with Gasteiger partial charge in [-0.05, 0) is 37.1 Å². The van der Waals surface area contributed by atoms with Crippen molar-refractivity contribution in [3.05, 3.63) is 64.6 Å². The number of hydrogen-bond donors (Lipinski definition) is 1. The zero-order valence-corrected chi connectivity index (χ0v) is 15.2. The number of nitrogens with one attached hydrogen (secondary N) is 1. The number of anilines is 1. The van der Waals surface area contributed by atoms with Crippen LogP contribution in [0.3, 0.4) is 0 Å².